The minimum Gasteiger partial charge on any atom is -0.305 e. The zero-order valence-corrected chi connectivity index (χ0v) is 12.2. The van der Waals surface area contributed by atoms with E-state index >= 15 is 0 Å². The van der Waals surface area contributed by atoms with Gasteiger partial charge in [-0.15, -0.1) is 11.8 Å². The van der Waals surface area contributed by atoms with Gasteiger partial charge in [-0.1, -0.05) is 6.07 Å². The molecular weight excluding hydrogens is 261 g/mol. The Labute approximate surface area is 117 Å². The Hall–Kier alpha value is -1.33. The van der Waals surface area contributed by atoms with Crippen molar-refractivity contribution in [1.29, 1.82) is 0 Å². The van der Waals surface area contributed by atoms with Gasteiger partial charge >= 0.3 is 0 Å². The van der Waals surface area contributed by atoms with Crippen LogP contribution in [0.1, 0.15) is 24.2 Å². The van der Waals surface area contributed by atoms with Gasteiger partial charge in [0, 0.05) is 30.7 Å². The van der Waals surface area contributed by atoms with E-state index < -0.39 is 0 Å². The fourth-order valence-electron chi connectivity index (χ4n) is 1.90. The highest BCUT2D eigenvalue weighted by Crippen LogP contribution is 2.23. The molecule has 0 saturated carbocycles. The van der Waals surface area contributed by atoms with E-state index in [0.717, 1.165) is 11.3 Å². The first kappa shape index (κ1) is 14.1. The number of nitrogens with one attached hydrogen (secondary N) is 1. The molecule has 0 radical (unpaired) electrons. The normalized spacial score (nSPS) is 12.6. The van der Waals surface area contributed by atoms with Crippen molar-refractivity contribution in [2.24, 2.45) is 7.05 Å². The summed E-state index contributed by atoms with van der Waals surface area (Å²) in [5, 5.41) is 7.49. The Bertz CT molecular complexity index is 553. The second-order valence-corrected chi connectivity index (χ2v) is 5.29. The lowest BCUT2D eigenvalue weighted by Crippen LogP contribution is -2.20. The Morgan fingerprint density at radius 1 is 1.42 bits per heavy atom. The van der Waals surface area contributed by atoms with Gasteiger partial charge in [-0.3, -0.25) is 4.68 Å². The molecule has 1 aromatic heterocycles. The molecule has 1 aromatic carbocycles. The summed E-state index contributed by atoms with van der Waals surface area (Å²) in [5.74, 6) is -0.154. The SMILES string of the molecule is CSc1ccc([C@@H](C)NCc2ccnn2C)cc1F. The van der Waals surface area contributed by atoms with Crippen molar-refractivity contribution in [2.75, 3.05) is 6.26 Å². The topological polar surface area (TPSA) is 29.9 Å². The molecule has 1 N–H and O–H groups in total. The van der Waals surface area contributed by atoms with Gasteiger partial charge in [0.2, 0.25) is 0 Å². The molecule has 0 saturated heterocycles. The second-order valence-electron chi connectivity index (χ2n) is 4.44. The minimum atomic E-state index is -0.154. The van der Waals surface area contributed by atoms with E-state index in [-0.39, 0.29) is 11.9 Å². The van der Waals surface area contributed by atoms with Crippen molar-refractivity contribution in [3.63, 3.8) is 0 Å². The van der Waals surface area contributed by atoms with Crippen LogP contribution in [0.15, 0.2) is 35.4 Å². The molecular formula is C14H18FN3S. The van der Waals surface area contributed by atoms with Crippen LogP contribution in [0.5, 0.6) is 0 Å². The zero-order valence-electron chi connectivity index (χ0n) is 11.4. The first-order valence-corrected chi connectivity index (χ1v) is 7.38. The predicted molar refractivity (Wildman–Crippen MR) is 76.6 cm³/mol. The molecule has 0 bridgehead atoms. The lowest BCUT2D eigenvalue weighted by molar-refractivity contribution is 0.539. The molecule has 0 unspecified atom stereocenters. The average molecular weight is 279 g/mol. The predicted octanol–water partition coefficient (Wildman–Crippen LogP) is 3.13. The van der Waals surface area contributed by atoms with Crippen LogP contribution in [0.2, 0.25) is 0 Å². The second kappa shape index (κ2) is 6.21. The van der Waals surface area contributed by atoms with Crippen molar-refractivity contribution in [3.05, 3.63) is 47.5 Å². The summed E-state index contributed by atoms with van der Waals surface area (Å²) in [4.78, 5) is 0.683. The van der Waals surface area contributed by atoms with E-state index in [1.54, 1.807) is 12.3 Å². The third-order valence-electron chi connectivity index (χ3n) is 3.19. The van der Waals surface area contributed by atoms with Crippen LogP contribution in [-0.4, -0.2) is 16.0 Å². The van der Waals surface area contributed by atoms with E-state index in [1.165, 1.54) is 11.8 Å². The molecule has 2 aromatic rings. The molecule has 0 spiro atoms. The summed E-state index contributed by atoms with van der Waals surface area (Å²) in [6.45, 7) is 2.74. The number of thioether (sulfide) groups is 1. The maximum atomic E-state index is 13.7. The Kier molecular flexibility index (Phi) is 4.61. The molecule has 19 heavy (non-hydrogen) atoms. The molecule has 0 aliphatic rings. The third-order valence-corrected chi connectivity index (χ3v) is 3.96. The molecule has 5 heteroatoms. The molecule has 1 atom stereocenters. The van der Waals surface area contributed by atoms with E-state index in [1.807, 2.05) is 43.1 Å². The molecule has 102 valence electrons. The first-order valence-electron chi connectivity index (χ1n) is 6.15. The molecule has 0 fully saturated rings. The lowest BCUT2D eigenvalue weighted by Gasteiger charge is -2.15. The number of nitrogens with zero attached hydrogens (tertiary/aromatic N) is 2. The smallest absolute Gasteiger partial charge is 0.137 e. The van der Waals surface area contributed by atoms with E-state index in [0.29, 0.717) is 11.4 Å². The molecule has 3 nitrogen and oxygen atoms in total. The van der Waals surface area contributed by atoms with E-state index in [2.05, 4.69) is 10.4 Å². The van der Waals surface area contributed by atoms with Crippen LogP contribution in [0, 0.1) is 5.82 Å². The fourth-order valence-corrected chi connectivity index (χ4v) is 2.36. The van der Waals surface area contributed by atoms with Gasteiger partial charge in [0.15, 0.2) is 0 Å². The summed E-state index contributed by atoms with van der Waals surface area (Å²) in [6.07, 6.45) is 3.65. The summed E-state index contributed by atoms with van der Waals surface area (Å²) < 4.78 is 15.6. The van der Waals surface area contributed by atoms with E-state index in [4.69, 9.17) is 0 Å². The van der Waals surface area contributed by atoms with E-state index in [9.17, 15) is 4.39 Å². The first-order chi connectivity index (χ1) is 9.11. The van der Waals surface area contributed by atoms with Crippen molar-refractivity contribution in [3.8, 4) is 0 Å². The molecule has 1 heterocycles. The zero-order chi connectivity index (χ0) is 13.8. The van der Waals surface area contributed by atoms with Crippen LogP contribution in [0.3, 0.4) is 0 Å². The maximum absolute atomic E-state index is 13.7. The van der Waals surface area contributed by atoms with Crippen molar-refractivity contribution in [1.82, 2.24) is 15.1 Å². The number of hydrogen-bond acceptors (Lipinski definition) is 3. The minimum absolute atomic E-state index is 0.0975. The number of rotatable bonds is 5. The largest absolute Gasteiger partial charge is 0.305 e. The Balaban J connectivity index is 2.02. The van der Waals surface area contributed by atoms with Crippen LogP contribution in [0.4, 0.5) is 4.39 Å². The maximum Gasteiger partial charge on any atom is 0.137 e. The van der Waals surface area contributed by atoms with Crippen LogP contribution < -0.4 is 5.32 Å². The fraction of sp³-hybridized carbons (Fsp3) is 0.357. The summed E-state index contributed by atoms with van der Waals surface area (Å²) in [5.41, 5.74) is 2.06. The van der Waals surface area contributed by atoms with Crippen LogP contribution in [-0.2, 0) is 13.6 Å². The number of aromatic nitrogens is 2. The standard InChI is InChI=1S/C14H18FN3S/c1-10(16-9-12-6-7-17-18(12)2)11-4-5-14(19-3)13(15)8-11/h4-8,10,16H,9H2,1-3H3/t10-/m1/s1. The third kappa shape index (κ3) is 3.36. The van der Waals surface area contributed by atoms with Crippen molar-refractivity contribution in [2.45, 2.75) is 24.4 Å². The van der Waals surface area contributed by atoms with Crippen molar-refractivity contribution >= 4 is 11.8 Å². The number of benzene rings is 1. The Morgan fingerprint density at radius 3 is 2.79 bits per heavy atom. The van der Waals surface area contributed by atoms with Gasteiger partial charge in [0.25, 0.3) is 0 Å². The summed E-state index contributed by atoms with van der Waals surface area (Å²) >= 11 is 1.42. The van der Waals surface area contributed by atoms with Gasteiger partial charge in [-0.05, 0) is 36.9 Å². The quantitative estimate of drug-likeness (QED) is 0.853. The molecule has 0 aliphatic heterocycles. The average Bonchev–Trinajstić information content (AvgIpc) is 2.81. The summed E-state index contributed by atoms with van der Waals surface area (Å²) in [7, 11) is 1.91. The molecule has 0 amide bonds. The van der Waals surface area contributed by atoms with Crippen LogP contribution >= 0.6 is 11.8 Å². The van der Waals surface area contributed by atoms with Gasteiger partial charge in [0.1, 0.15) is 5.82 Å². The molecule has 2 rings (SSSR count). The van der Waals surface area contributed by atoms with Gasteiger partial charge < -0.3 is 5.32 Å². The van der Waals surface area contributed by atoms with Crippen LogP contribution in [0.25, 0.3) is 0 Å². The lowest BCUT2D eigenvalue weighted by atomic mass is 10.1. The van der Waals surface area contributed by atoms with Gasteiger partial charge in [-0.2, -0.15) is 5.10 Å². The number of aryl methyl sites for hydroxylation is 1. The van der Waals surface area contributed by atoms with Gasteiger partial charge in [0.05, 0.1) is 5.69 Å². The molecule has 0 aliphatic carbocycles. The van der Waals surface area contributed by atoms with Crippen molar-refractivity contribution < 1.29 is 4.39 Å². The highest BCUT2D eigenvalue weighted by molar-refractivity contribution is 7.98. The highest BCUT2D eigenvalue weighted by Gasteiger charge is 2.09. The number of halogens is 1. The highest BCUT2D eigenvalue weighted by atomic mass is 32.2. The Morgan fingerprint density at radius 2 is 2.21 bits per heavy atom. The number of hydrogen-bond donors (Lipinski definition) is 1. The summed E-state index contributed by atoms with van der Waals surface area (Å²) in [6, 6.07) is 7.47. The monoisotopic (exact) mass is 279 g/mol. The van der Waals surface area contributed by atoms with Gasteiger partial charge in [-0.25, -0.2) is 4.39 Å².